The molecule has 0 spiro atoms. The molecular formula is C25H19ClFN5OS. The summed E-state index contributed by atoms with van der Waals surface area (Å²) in [5.74, 6) is -0.976. The molecule has 0 saturated carbocycles. The van der Waals surface area contributed by atoms with Crippen LogP contribution in [0.1, 0.15) is 22.5 Å². The maximum atomic E-state index is 13.6. The van der Waals surface area contributed by atoms with Crippen molar-refractivity contribution in [2.24, 2.45) is 10.1 Å². The summed E-state index contributed by atoms with van der Waals surface area (Å²) in [4.78, 5) is 17.0. The van der Waals surface area contributed by atoms with Gasteiger partial charge in [0, 0.05) is 23.5 Å². The molecule has 3 heterocycles. The lowest BCUT2D eigenvalue weighted by molar-refractivity contribution is -0.114. The molecule has 1 N–H and O–H groups in total. The second-order valence-corrected chi connectivity index (χ2v) is 9.38. The summed E-state index contributed by atoms with van der Waals surface area (Å²) in [6, 6.07) is 16.3. The summed E-state index contributed by atoms with van der Waals surface area (Å²) in [5, 5.41) is 15.8. The Morgan fingerprint density at radius 1 is 1.15 bits per heavy atom. The number of nitrogens with one attached hydrogen (secondary N) is 1. The Bertz CT molecular complexity index is 1440. The Labute approximate surface area is 205 Å². The number of carbonyl (C=O) groups excluding carboxylic acids is 1. The van der Waals surface area contributed by atoms with Gasteiger partial charge in [0.05, 0.1) is 10.6 Å². The third-order valence-electron chi connectivity index (χ3n) is 5.63. The van der Waals surface area contributed by atoms with Gasteiger partial charge in [0.25, 0.3) is 5.91 Å². The number of rotatable bonds is 4. The quantitative estimate of drug-likeness (QED) is 0.472. The second-order valence-electron chi connectivity index (χ2n) is 7.94. The largest absolute Gasteiger partial charge is 0.318 e. The van der Waals surface area contributed by atoms with E-state index in [1.54, 1.807) is 18.2 Å². The molecule has 2 aromatic carbocycles. The number of carbonyl (C=O) groups is 1. The summed E-state index contributed by atoms with van der Waals surface area (Å²) in [7, 11) is 0. The van der Waals surface area contributed by atoms with Crippen molar-refractivity contribution < 1.29 is 9.18 Å². The smallest absolute Gasteiger partial charge is 0.283 e. The summed E-state index contributed by atoms with van der Waals surface area (Å²) >= 11 is 7.28. The second kappa shape index (κ2) is 8.70. The molecule has 2 aliphatic rings. The first-order valence-electron chi connectivity index (χ1n) is 10.5. The topological polar surface area (TPSA) is 73.8 Å². The number of hydrazone groups is 1. The predicted octanol–water partition coefficient (Wildman–Crippen LogP) is 5.75. The Morgan fingerprint density at radius 2 is 1.91 bits per heavy atom. The highest BCUT2D eigenvalue weighted by molar-refractivity contribution is 8.26. The van der Waals surface area contributed by atoms with Crippen LogP contribution >= 0.6 is 23.4 Å². The van der Waals surface area contributed by atoms with Gasteiger partial charge in [0.1, 0.15) is 10.9 Å². The zero-order valence-corrected chi connectivity index (χ0v) is 19.9. The highest BCUT2D eigenvalue weighted by atomic mass is 35.5. The number of amides is 1. The van der Waals surface area contributed by atoms with Crippen LogP contribution in [0.5, 0.6) is 0 Å². The number of aromatic nitrogens is 1. The Hall–Kier alpha value is -3.49. The Kier molecular flexibility index (Phi) is 5.71. The average Bonchev–Trinajstić information content (AvgIpc) is 3.33. The average molecular weight is 492 g/mol. The number of amidine groups is 2. The molecule has 2 aliphatic heterocycles. The first kappa shape index (κ1) is 22.3. The molecule has 1 amide bonds. The molecule has 0 fully saturated rings. The zero-order chi connectivity index (χ0) is 24.0. The van der Waals surface area contributed by atoms with E-state index in [1.165, 1.54) is 22.8 Å². The van der Waals surface area contributed by atoms with Crippen molar-refractivity contribution >= 4 is 51.4 Å². The highest BCUT2D eigenvalue weighted by Crippen LogP contribution is 2.31. The van der Waals surface area contributed by atoms with Gasteiger partial charge in [-0.25, -0.2) is 4.39 Å². The van der Waals surface area contributed by atoms with E-state index in [9.17, 15) is 9.18 Å². The van der Waals surface area contributed by atoms with Gasteiger partial charge >= 0.3 is 0 Å². The lowest BCUT2D eigenvalue weighted by Gasteiger charge is -2.20. The number of hydrogen-bond acceptors (Lipinski definition) is 4. The van der Waals surface area contributed by atoms with Crippen molar-refractivity contribution in [3.8, 4) is 5.69 Å². The SMILES string of the molecule is Cc1cc(C=C2C(=N)N3N=C(Cc4ccccc4)SC3=NC2=O)c(C)n1-c1ccc(F)c(Cl)c1. The Morgan fingerprint density at radius 3 is 2.65 bits per heavy atom. The predicted molar refractivity (Wildman–Crippen MR) is 135 cm³/mol. The van der Waals surface area contributed by atoms with E-state index in [0.29, 0.717) is 17.3 Å². The van der Waals surface area contributed by atoms with Crippen LogP contribution < -0.4 is 0 Å². The number of nitrogens with zero attached hydrogens (tertiary/aromatic N) is 4. The van der Waals surface area contributed by atoms with Crippen LogP contribution in [0.25, 0.3) is 11.8 Å². The molecule has 0 unspecified atom stereocenters. The maximum Gasteiger partial charge on any atom is 0.283 e. The van der Waals surface area contributed by atoms with Crippen LogP contribution in [-0.2, 0) is 11.2 Å². The molecule has 9 heteroatoms. The number of hydrogen-bond donors (Lipinski definition) is 1. The molecule has 0 bridgehead atoms. The van der Waals surface area contributed by atoms with Gasteiger partial charge in [0.2, 0.25) is 5.17 Å². The lowest BCUT2D eigenvalue weighted by Crippen LogP contribution is -2.35. The van der Waals surface area contributed by atoms with Gasteiger partial charge in [-0.05, 0) is 67.1 Å². The third kappa shape index (κ3) is 3.99. The maximum absolute atomic E-state index is 13.6. The van der Waals surface area contributed by atoms with Crippen LogP contribution in [-0.4, -0.2) is 31.5 Å². The van der Waals surface area contributed by atoms with Crippen LogP contribution in [0.15, 0.2) is 70.3 Å². The number of benzene rings is 2. The molecule has 3 aromatic rings. The monoisotopic (exact) mass is 491 g/mol. The van der Waals surface area contributed by atoms with Crippen molar-refractivity contribution in [3.63, 3.8) is 0 Å². The van der Waals surface area contributed by atoms with Crippen LogP contribution in [0.4, 0.5) is 4.39 Å². The van der Waals surface area contributed by atoms with E-state index in [2.05, 4.69) is 10.1 Å². The molecule has 0 saturated heterocycles. The van der Waals surface area contributed by atoms with Gasteiger partial charge in [-0.3, -0.25) is 10.2 Å². The van der Waals surface area contributed by atoms with Gasteiger partial charge in [-0.1, -0.05) is 41.9 Å². The standard InChI is InChI=1S/C25H19ClFN5OS/c1-14-10-17(15(2)31(14)18-8-9-21(27)20(26)13-18)12-19-23(28)32-25(29-24(19)33)34-22(30-32)11-16-6-4-3-5-7-16/h3-10,12-13,28H,11H2,1-2H3. The molecule has 1 aromatic heterocycles. The van der Waals surface area contributed by atoms with Gasteiger partial charge in [-0.2, -0.15) is 15.1 Å². The summed E-state index contributed by atoms with van der Waals surface area (Å²) in [6.07, 6.45) is 2.26. The van der Waals surface area contributed by atoms with Crippen LogP contribution in [0.3, 0.4) is 0 Å². The molecule has 5 rings (SSSR count). The van der Waals surface area contributed by atoms with E-state index in [-0.39, 0.29) is 16.4 Å². The number of fused-ring (bicyclic) bond motifs is 1. The van der Waals surface area contributed by atoms with Crippen molar-refractivity contribution in [1.82, 2.24) is 9.58 Å². The normalized spacial score (nSPS) is 16.7. The first-order chi connectivity index (χ1) is 16.3. The van der Waals surface area contributed by atoms with E-state index < -0.39 is 11.7 Å². The lowest BCUT2D eigenvalue weighted by atomic mass is 10.1. The summed E-state index contributed by atoms with van der Waals surface area (Å²) in [5.41, 5.74) is 4.42. The minimum Gasteiger partial charge on any atom is -0.318 e. The number of aliphatic imine (C=N–C) groups is 1. The van der Waals surface area contributed by atoms with E-state index >= 15 is 0 Å². The van der Waals surface area contributed by atoms with E-state index in [4.69, 9.17) is 17.0 Å². The molecule has 34 heavy (non-hydrogen) atoms. The fourth-order valence-electron chi connectivity index (χ4n) is 3.98. The van der Waals surface area contributed by atoms with E-state index in [0.717, 1.165) is 27.6 Å². The van der Waals surface area contributed by atoms with Crippen LogP contribution in [0.2, 0.25) is 5.02 Å². The van der Waals surface area contributed by atoms with Crippen molar-refractivity contribution in [1.29, 1.82) is 5.41 Å². The summed E-state index contributed by atoms with van der Waals surface area (Å²) in [6.45, 7) is 3.80. The highest BCUT2D eigenvalue weighted by Gasteiger charge is 2.35. The van der Waals surface area contributed by atoms with Crippen LogP contribution in [0, 0.1) is 25.1 Å². The molecule has 0 aliphatic carbocycles. The molecule has 0 atom stereocenters. The van der Waals surface area contributed by atoms with E-state index in [1.807, 2.05) is 54.8 Å². The molecule has 6 nitrogen and oxygen atoms in total. The molecule has 0 radical (unpaired) electrons. The number of thioether (sulfide) groups is 1. The third-order valence-corrected chi connectivity index (χ3v) is 6.82. The first-order valence-corrected chi connectivity index (χ1v) is 11.7. The van der Waals surface area contributed by atoms with Crippen molar-refractivity contribution in [2.75, 3.05) is 0 Å². The Balaban J connectivity index is 1.47. The number of halogens is 2. The fraction of sp³-hybridized carbons (Fsp3) is 0.120. The fourth-order valence-corrected chi connectivity index (χ4v) is 5.08. The van der Waals surface area contributed by atoms with Crippen molar-refractivity contribution in [2.45, 2.75) is 20.3 Å². The molecular weight excluding hydrogens is 473 g/mol. The minimum absolute atomic E-state index is 0.0137. The van der Waals surface area contributed by atoms with Gasteiger partial charge < -0.3 is 4.57 Å². The molecule has 170 valence electrons. The summed E-state index contributed by atoms with van der Waals surface area (Å²) < 4.78 is 15.6. The minimum atomic E-state index is -0.485. The number of aryl methyl sites for hydroxylation is 1. The van der Waals surface area contributed by atoms with Gasteiger partial charge in [0.15, 0.2) is 5.84 Å². The van der Waals surface area contributed by atoms with Crippen molar-refractivity contribution in [3.05, 3.63) is 93.5 Å². The van der Waals surface area contributed by atoms with Gasteiger partial charge in [-0.15, -0.1) is 0 Å². The zero-order valence-electron chi connectivity index (χ0n) is 18.3.